The van der Waals surface area contributed by atoms with Crippen LogP contribution in [0.5, 0.6) is 0 Å². The van der Waals surface area contributed by atoms with E-state index in [1.807, 2.05) is 36.7 Å². The Morgan fingerprint density at radius 1 is 1.21 bits per heavy atom. The number of H-pyrrole nitrogens is 1. The van der Waals surface area contributed by atoms with Crippen LogP contribution in [-0.4, -0.2) is 4.98 Å². The minimum absolute atomic E-state index is 0. The van der Waals surface area contributed by atoms with Crippen LogP contribution in [0.4, 0.5) is 0 Å². The van der Waals surface area contributed by atoms with E-state index in [0.29, 0.717) is 0 Å². The maximum absolute atomic E-state index is 4.10. The lowest BCUT2D eigenvalue weighted by molar-refractivity contribution is -0.364. The van der Waals surface area contributed by atoms with E-state index in [9.17, 15) is 0 Å². The molecule has 0 atom stereocenters. The predicted molar refractivity (Wildman–Crippen MR) is 58.9 cm³/mol. The van der Waals surface area contributed by atoms with Crippen molar-refractivity contribution < 1.29 is 29.0 Å². The van der Waals surface area contributed by atoms with E-state index in [4.69, 9.17) is 0 Å². The monoisotopic (exact) mass is 410 g/mol. The molecule has 0 spiro atoms. The minimum Gasteiger partial charge on any atom is -1.00 e. The van der Waals surface area contributed by atoms with Crippen molar-refractivity contribution in [2.24, 2.45) is 0 Å². The first-order valence-corrected chi connectivity index (χ1v) is 5.02. The van der Waals surface area contributed by atoms with Crippen molar-refractivity contribution in [2.45, 2.75) is 0 Å². The van der Waals surface area contributed by atoms with Gasteiger partial charge in [-0.1, -0.05) is 0 Å². The number of pyridine rings is 2. The zero-order chi connectivity index (χ0) is 9.10. The van der Waals surface area contributed by atoms with Gasteiger partial charge in [-0.2, -0.15) is 0 Å². The largest absolute Gasteiger partial charge is 1.00 e. The Morgan fingerprint density at radius 2 is 2.07 bits per heavy atom. The Bertz CT molecular complexity index is 404. The zero-order valence-corrected chi connectivity index (χ0v) is 11.6. The van der Waals surface area contributed by atoms with Gasteiger partial charge in [-0.3, -0.25) is 4.98 Å². The molecule has 2 rings (SSSR count). The fourth-order valence-corrected chi connectivity index (χ4v) is 1.73. The molecule has 0 amide bonds. The quantitative estimate of drug-likeness (QED) is 0.565. The third-order valence-electron chi connectivity index (χ3n) is 1.77. The highest BCUT2D eigenvalue weighted by Crippen LogP contribution is 2.19. The lowest BCUT2D eigenvalue weighted by atomic mass is 10.2. The van der Waals surface area contributed by atoms with Gasteiger partial charge in [0.2, 0.25) is 5.69 Å². The standard InChI is InChI=1S/C10H7IN2.HI/c11-9-4-6-12-7-8(9)10-3-1-2-5-13-10;/h1-7H;1H. The highest BCUT2D eigenvalue weighted by Gasteiger charge is 2.06. The average molecular weight is 410 g/mol. The Labute approximate surface area is 113 Å². The average Bonchev–Trinajstić information content (AvgIpc) is 2.20. The molecule has 0 aliphatic heterocycles. The molecule has 2 heterocycles. The van der Waals surface area contributed by atoms with E-state index in [0.717, 1.165) is 11.3 Å². The number of halogens is 2. The third-order valence-corrected chi connectivity index (χ3v) is 2.71. The Hall–Kier alpha value is -0.240. The molecule has 0 unspecified atom stereocenters. The topological polar surface area (TPSA) is 27.0 Å². The molecule has 0 saturated carbocycles. The normalized spacial score (nSPS) is 9.21. The summed E-state index contributed by atoms with van der Waals surface area (Å²) in [5, 5.41) is 0. The summed E-state index contributed by atoms with van der Waals surface area (Å²) in [6.07, 6.45) is 5.58. The lowest BCUT2D eigenvalue weighted by Crippen LogP contribution is -3.00. The van der Waals surface area contributed by atoms with E-state index in [1.54, 1.807) is 6.20 Å². The summed E-state index contributed by atoms with van der Waals surface area (Å²) in [4.78, 5) is 7.28. The van der Waals surface area contributed by atoms with Gasteiger partial charge in [0.05, 0.1) is 5.56 Å². The minimum atomic E-state index is 0. The number of hydrogen-bond donors (Lipinski definition) is 0. The first-order valence-electron chi connectivity index (χ1n) is 3.94. The second-order valence-corrected chi connectivity index (χ2v) is 3.79. The smallest absolute Gasteiger partial charge is 0.213 e. The molecule has 72 valence electrons. The Morgan fingerprint density at radius 3 is 2.71 bits per heavy atom. The third kappa shape index (κ3) is 2.63. The molecule has 2 aromatic rings. The van der Waals surface area contributed by atoms with Gasteiger partial charge in [-0.25, -0.2) is 4.98 Å². The lowest BCUT2D eigenvalue weighted by Gasteiger charge is -1.96. The molecule has 1 N–H and O–H groups in total. The molecule has 0 saturated heterocycles. The van der Waals surface area contributed by atoms with Gasteiger partial charge in [0.1, 0.15) is 0 Å². The van der Waals surface area contributed by atoms with E-state index in [-0.39, 0.29) is 24.0 Å². The molecule has 0 radical (unpaired) electrons. The predicted octanol–water partition coefficient (Wildman–Crippen LogP) is -0.829. The number of nitrogens with one attached hydrogen (secondary N) is 1. The molecule has 0 aromatic carbocycles. The van der Waals surface area contributed by atoms with E-state index >= 15 is 0 Å². The van der Waals surface area contributed by atoms with Crippen molar-refractivity contribution in [3.8, 4) is 11.3 Å². The highest BCUT2D eigenvalue weighted by atomic mass is 127. The van der Waals surface area contributed by atoms with Crippen LogP contribution in [-0.2, 0) is 0 Å². The number of hydrogen-bond acceptors (Lipinski definition) is 1. The van der Waals surface area contributed by atoms with Gasteiger partial charge < -0.3 is 24.0 Å². The van der Waals surface area contributed by atoms with Crippen LogP contribution < -0.4 is 29.0 Å². The van der Waals surface area contributed by atoms with Crippen molar-refractivity contribution in [1.82, 2.24) is 4.98 Å². The second kappa shape index (κ2) is 5.59. The molecular formula is C10H8I2N2. The number of rotatable bonds is 1. The molecular weight excluding hydrogens is 402 g/mol. The summed E-state index contributed by atoms with van der Waals surface area (Å²) < 4.78 is 1.20. The van der Waals surface area contributed by atoms with Crippen LogP contribution in [0.25, 0.3) is 11.3 Å². The number of aromatic amines is 1. The fraction of sp³-hybridized carbons (Fsp3) is 0. The van der Waals surface area contributed by atoms with Gasteiger partial charge in [-0.05, 0) is 34.7 Å². The van der Waals surface area contributed by atoms with Gasteiger partial charge in [0.15, 0.2) is 6.20 Å². The summed E-state index contributed by atoms with van der Waals surface area (Å²) in [5.41, 5.74) is 2.24. The van der Waals surface area contributed by atoms with E-state index in [2.05, 4.69) is 32.6 Å². The van der Waals surface area contributed by atoms with Crippen LogP contribution in [0, 0.1) is 3.57 Å². The van der Waals surface area contributed by atoms with Crippen LogP contribution >= 0.6 is 22.6 Å². The SMILES string of the molecule is Ic1ccncc1-c1cccc[nH+]1.[I-]. The van der Waals surface area contributed by atoms with Crippen molar-refractivity contribution in [1.29, 1.82) is 0 Å². The van der Waals surface area contributed by atoms with Crippen molar-refractivity contribution in [3.05, 3.63) is 46.4 Å². The summed E-state index contributed by atoms with van der Waals surface area (Å²) in [7, 11) is 0. The second-order valence-electron chi connectivity index (χ2n) is 2.63. The number of nitrogens with zero attached hydrogens (tertiary/aromatic N) is 1. The van der Waals surface area contributed by atoms with Gasteiger partial charge in [0, 0.05) is 28.1 Å². The van der Waals surface area contributed by atoms with Gasteiger partial charge >= 0.3 is 0 Å². The summed E-state index contributed by atoms with van der Waals surface area (Å²) >= 11 is 2.30. The number of aromatic nitrogens is 2. The summed E-state index contributed by atoms with van der Waals surface area (Å²) in [6.45, 7) is 0. The fourth-order valence-electron chi connectivity index (χ4n) is 1.14. The van der Waals surface area contributed by atoms with Crippen LogP contribution in [0.1, 0.15) is 0 Å². The van der Waals surface area contributed by atoms with Crippen LogP contribution in [0.3, 0.4) is 0 Å². The molecule has 0 fully saturated rings. The van der Waals surface area contributed by atoms with Gasteiger partial charge in [0.25, 0.3) is 0 Å². The van der Waals surface area contributed by atoms with Gasteiger partial charge in [-0.15, -0.1) is 0 Å². The van der Waals surface area contributed by atoms with Crippen molar-refractivity contribution in [3.63, 3.8) is 0 Å². The molecule has 0 aliphatic carbocycles. The summed E-state index contributed by atoms with van der Waals surface area (Å²) in [6, 6.07) is 8.01. The Balaban J connectivity index is 0.000000980. The maximum Gasteiger partial charge on any atom is 0.213 e. The molecule has 2 aromatic heterocycles. The van der Waals surface area contributed by atoms with E-state index < -0.39 is 0 Å². The Kier molecular flexibility index (Phi) is 4.73. The van der Waals surface area contributed by atoms with Crippen LogP contribution in [0.2, 0.25) is 0 Å². The maximum atomic E-state index is 4.10. The van der Waals surface area contributed by atoms with Crippen LogP contribution in [0.15, 0.2) is 42.9 Å². The molecule has 0 bridgehead atoms. The van der Waals surface area contributed by atoms with Crippen molar-refractivity contribution in [2.75, 3.05) is 0 Å². The first kappa shape index (κ1) is 11.8. The molecule has 0 aliphatic rings. The van der Waals surface area contributed by atoms with E-state index in [1.165, 1.54) is 3.57 Å². The molecule has 2 nitrogen and oxygen atoms in total. The zero-order valence-electron chi connectivity index (χ0n) is 7.24. The first-order chi connectivity index (χ1) is 6.38. The summed E-state index contributed by atoms with van der Waals surface area (Å²) in [5.74, 6) is 0. The molecule has 4 heteroatoms. The highest BCUT2D eigenvalue weighted by molar-refractivity contribution is 14.1. The van der Waals surface area contributed by atoms with Crippen molar-refractivity contribution >= 4 is 22.6 Å². The molecule has 14 heavy (non-hydrogen) atoms.